The molecule has 2 rings (SSSR count). The molecule has 4 heteroatoms. The number of fused-ring (bicyclic) bond motifs is 1. The number of allylic oxidation sites excluding steroid dienone is 2. The van der Waals surface area contributed by atoms with E-state index < -0.39 is 23.5 Å². The van der Waals surface area contributed by atoms with Crippen LogP contribution in [0.3, 0.4) is 0 Å². The Hall–Kier alpha value is -1.13. The predicted molar refractivity (Wildman–Crippen MR) is 48.7 cm³/mol. The fourth-order valence-corrected chi connectivity index (χ4v) is 1.79. The lowest BCUT2D eigenvalue weighted by molar-refractivity contribution is -0.177. The van der Waals surface area contributed by atoms with Crippen LogP contribution in [0.1, 0.15) is 13.8 Å². The fraction of sp³-hybridized carbons (Fsp3) is 0.500. The molecule has 0 saturated carbocycles. The zero-order valence-corrected chi connectivity index (χ0v) is 8.06. The number of carbonyl (C=O) groups is 1. The molecule has 2 atom stereocenters. The van der Waals surface area contributed by atoms with E-state index in [-0.39, 0.29) is 0 Å². The highest BCUT2D eigenvalue weighted by molar-refractivity contribution is 5.82. The van der Waals surface area contributed by atoms with Gasteiger partial charge in [0.2, 0.25) is 5.60 Å². The first-order valence-electron chi connectivity index (χ1n) is 4.44. The first-order valence-corrected chi connectivity index (χ1v) is 4.44. The van der Waals surface area contributed by atoms with E-state index in [0.29, 0.717) is 0 Å². The van der Waals surface area contributed by atoms with Crippen molar-refractivity contribution < 1.29 is 19.4 Å². The molecule has 0 aromatic rings. The second-order valence-electron chi connectivity index (χ2n) is 3.88. The second kappa shape index (κ2) is 2.68. The number of carboxylic acid groups (broad SMARTS) is 1. The smallest absolute Gasteiger partial charge is 0.343 e. The highest BCUT2D eigenvalue weighted by Gasteiger charge is 2.56. The van der Waals surface area contributed by atoms with Gasteiger partial charge in [-0.05, 0) is 19.9 Å². The van der Waals surface area contributed by atoms with Gasteiger partial charge in [0.1, 0.15) is 6.10 Å². The molecule has 0 radical (unpaired) electrons. The number of hydrogen-bond donors (Lipinski definition) is 1. The van der Waals surface area contributed by atoms with Gasteiger partial charge in [0.05, 0.1) is 0 Å². The number of carboxylic acids is 1. The van der Waals surface area contributed by atoms with Gasteiger partial charge < -0.3 is 14.6 Å². The van der Waals surface area contributed by atoms with Crippen molar-refractivity contribution in [2.45, 2.75) is 31.3 Å². The highest BCUT2D eigenvalue weighted by Crippen LogP contribution is 2.39. The van der Waals surface area contributed by atoms with Crippen LogP contribution in [-0.4, -0.2) is 28.6 Å². The van der Waals surface area contributed by atoms with Crippen molar-refractivity contribution in [1.82, 2.24) is 0 Å². The standard InChI is InChI=1S/C10H12O4/c1-9(2)13-7-5-3-4-6-10(7,14-9)8(11)12/h3-7H,1-2H3,(H,11,12)/t7-,10+/m0/s1. The van der Waals surface area contributed by atoms with Crippen LogP contribution in [0.25, 0.3) is 0 Å². The summed E-state index contributed by atoms with van der Waals surface area (Å²) in [6.07, 6.45) is 6.10. The first kappa shape index (κ1) is 9.43. The lowest BCUT2D eigenvalue weighted by Crippen LogP contribution is -2.46. The third-order valence-corrected chi connectivity index (χ3v) is 2.32. The molecular formula is C10H12O4. The van der Waals surface area contributed by atoms with Crippen molar-refractivity contribution in [3.63, 3.8) is 0 Å². The van der Waals surface area contributed by atoms with E-state index in [4.69, 9.17) is 14.6 Å². The largest absolute Gasteiger partial charge is 0.479 e. The molecule has 1 N–H and O–H groups in total. The minimum Gasteiger partial charge on any atom is -0.479 e. The summed E-state index contributed by atoms with van der Waals surface area (Å²) in [6, 6.07) is 0. The van der Waals surface area contributed by atoms with E-state index in [9.17, 15) is 4.79 Å². The minimum atomic E-state index is -1.35. The molecule has 76 valence electrons. The average Bonchev–Trinajstić information content (AvgIpc) is 2.35. The maximum atomic E-state index is 11.2. The molecule has 1 heterocycles. The molecule has 1 aliphatic carbocycles. The molecule has 0 unspecified atom stereocenters. The Morgan fingerprint density at radius 3 is 2.71 bits per heavy atom. The number of rotatable bonds is 1. The summed E-state index contributed by atoms with van der Waals surface area (Å²) >= 11 is 0. The molecular weight excluding hydrogens is 184 g/mol. The minimum absolute atomic E-state index is 0.542. The van der Waals surface area contributed by atoms with Gasteiger partial charge in [-0.25, -0.2) is 4.79 Å². The molecule has 0 spiro atoms. The van der Waals surface area contributed by atoms with Gasteiger partial charge in [-0.1, -0.05) is 18.2 Å². The topological polar surface area (TPSA) is 55.8 Å². The van der Waals surface area contributed by atoms with Gasteiger partial charge in [0.15, 0.2) is 5.79 Å². The van der Waals surface area contributed by atoms with Gasteiger partial charge in [0, 0.05) is 0 Å². The monoisotopic (exact) mass is 196 g/mol. The Labute approximate surface area is 81.8 Å². The SMILES string of the molecule is CC1(C)O[C@H]2C=CC=C[C@@]2(C(=O)O)O1. The highest BCUT2D eigenvalue weighted by atomic mass is 16.8. The summed E-state index contributed by atoms with van der Waals surface area (Å²) in [4.78, 5) is 11.2. The van der Waals surface area contributed by atoms with Gasteiger partial charge in [-0.2, -0.15) is 0 Å². The van der Waals surface area contributed by atoms with Crippen molar-refractivity contribution in [3.05, 3.63) is 24.3 Å². The second-order valence-corrected chi connectivity index (χ2v) is 3.88. The molecule has 0 amide bonds. The van der Waals surface area contributed by atoms with Crippen molar-refractivity contribution in [3.8, 4) is 0 Å². The van der Waals surface area contributed by atoms with Crippen LogP contribution < -0.4 is 0 Å². The van der Waals surface area contributed by atoms with Crippen LogP contribution in [0.2, 0.25) is 0 Å². The number of hydrogen-bond acceptors (Lipinski definition) is 3. The normalized spacial score (nSPS) is 38.3. The van der Waals surface area contributed by atoms with Crippen LogP contribution in [-0.2, 0) is 14.3 Å². The third-order valence-electron chi connectivity index (χ3n) is 2.32. The molecule has 4 nitrogen and oxygen atoms in total. The van der Waals surface area contributed by atoms with E-state index in [0.717, 1.165) is 0 Å². The molecule has 14 heavy (non-hydrogen) atoms. The quantitative estimate of drug-likeness (QED) is 0.682. The van der Waals surface area contributed by atoms with E-state index in [1.807, 2.05) is 0 Å². The zero-order chi connectivity index (χ0) is 10.4. The van der Waals surface area contributed by atoms with Crippen molar-refractivity contribution >= 4 is 5.97 Å². The van der Waals surface area contributed by atoms with Crippen LogP contribution >= 0.6 is 0 Å². The lowest BCUT2D eigenvalue weighted by atomic mass is 9.93. The summed E-state index contributed by atoms with van der Waals surface area (Å²) in [5.41, 5.74) is -1.35. The lowest BCUT2D eigenvalue weighted by Gasteiger charge is -2.25. The number of aliphatic carboxylic acids is 1. The van der Waals surface area contributed by atoms with Gasteiger partial charge in [-0.3, -0.25) is 0 Å². The molecule has 0 aromatic carbocycles. The fourth-order valence-electron chi connectivity index (χ4n) is 1.79. The maximum Gasteiger partial charge on any atom is 0.343 e. The molecule has 1 saturated heterocycles. The van der Waals surface area contributed by atoms with Crippen LogP contribution in [0.4, 0.5) is 0 Å². The van der Waals surface area contributed by atoms with E-state index in [1.165, 1.54) is 6.08 Å². The maximum absolute atomic E-state index is 11.2. The van der Waals surface area contributed by atoms with E-state index >= 15 is 0 Å². The van der Waals surface area contributed by atoms with Crippen LogP contribution in [0, 0.1) is 0 Å². The van der Waals surface area contributed by atoms with Crippen molar-refractivity contribution in [2.75, 3.05) is 0 Å². The van der Waals surface area contributed by atoms with E-state index in [2.05, 4.69) is 0 Å². The molecule has 2 aliphatic rings. The van der Waals surface area contributed by atoms with E-state index in [1.54, 1.807) is 32.1 Å². The Balaban J connectivity index is 2.42. The third kappa shape index (κ3) is 1.19. The molecule has 1 fully saturated rings. The summed E-state index contributed by atoms with van der Waals surface area (Å²) in [5, 5.41) is 9.14. The van der Waals surface area contributed by atoms with Gasteiger partial charge >= 0.3 is 5.97 Å². The van der Waals surface area contributed by atoms with Crippen LogP contribution in [0.5, 0.6) is 0 Å². The van der Waals surface area contributed by atoms with Crippen molar-refractivity contribution in [1.29, 1.82) is 0 Å². The summed E-state index contributed by atoms with van der Waals surface area (Å²) < 4.78 is 10.9. The van der Waals surface area contributed by atoms with Crippen molar-refractivity contribution in [2.24, 2.45) is 0 Å². The molecule has 1 aliphatic heterocycles. The Kier molecular flexibility index (Phi) is 1.81. The Bertz CT molecular complexity index is 329. The summed E-state index contributed by atoms with van der Waals surface area (Å²) in [5.74, 6) is -1.88. The van der Waals surface area contributed by atoms with Gasteiger partial charge in [-0.15, -0.1) is 0 Å². The average molecular weight is 196 g/mol. The predicted octanol–water partition coefficient (Wildman–Crippen LogP) is 1.09. The summed E-state index contributed by atoms with van der Waals surface area (Å²) in [7, 11) is 0. The first-order chi connectivity index (χ1) is 6.46. The zero-order valence-electron chi connectivity index (χ0n) is 8.06. The molecule has 0 bridgehead atoms. The molecule has 0 aromatic heterocycles. The van der Waals surface area contributed by atoms with Gasteiger partial charge in [0.25, 0.3) is 0 Å². The summed E-state index contributed by atoms with van der Waals surface area (Å²) in [6.45, 7) is 3.41. The van der Waals surface area contributed by atoms with Crippen LogP contribution in [0.15, 0.2) is 24.3 Å². The Morgan fingerprint density at radius 2 is 2.14 bits per heavy atom. The number of ether oxygens (including phenoxy) is 2. The Morgan fingerprint density at radius 1 is 1.43 bits per heavy atom.